The predicted molar refractivity (Wildman–Crippen MR) is 83.4 cm³/mol. The molecule has 1 amide bonds. The molecule has 0 bridgehead atoms. The highest BCUT2D eigenvalue weighted by molar-refractivity contribution is 5.71. The maximum absolute atomic E-state index is 11.6. The number of benzene rings is 1. The summed E-state index contributed by atoms with van der Waals surface area (Å²) in [6.45, 7) is 3.77. The number of carboxylic acids is 1. The summed E-state index contributed by atoms with van der Waals surface area (Å²) < 4.78 is 0. The molecule has 22 heavy (non-hydrogen) atoms. The molecule has 2 N–H and O–H groups in total. The van der Waals surface area contributed by atoms with E-state index in [9.17, 15) is 19.9 Å². The molecular formula is C17H25NO4. The summed E-state index contributed by atoms with van der Waals surface area (Å²) >= 11 is 0. The van der Waals surface area contributed by atoms with Crippen LogP contribution in [0.15, 0.2) is 30.3 Å². The molecule has 0 radical (unpaired) electrons. The fourth-order valence-corrected chi connectivity index (χ4v) is 2.86. The van der Waals surface area contributed by atoms with Crippen molar-refractivity contribution in [2.24, 2.45) is 11.8 Å². The van der Waals surface area contributed by atoms with Gasteiger partial charge in [0.1, 0.15) is 0 Å². The summed E-state index contributed by atoms with van der Waals surface area (Å²) in [5.41, 5.74) is 1.15. The van der Waals surface area contributed by atoms with Crippen molar-refractivity contribution in [1.82, 2.24) is 5.06 Å². The largest absolute Gasteiger partial charge is 0.481 e. The third kappa shape index (κ3) is 5.15. The monoisotopic (exact) mass is 307 g/mol. The molecule has 122 valence electrons. The second-order valence-electron chi connectivity index (χ2n) is 5.71. The van der Waals surface area contributed by atoms with E-state index >= 15 is 0 Å². The molecule has 1 unspecified atom stereocenters. The third-order valence-corrected chi connectivity index (χ3v) is 4.08. The molecule has 0 aliphatic rings. The summed E-state index contributed by atoms with van der Waals surface area (Å²) in [4.78, 5) is 22.5. The lowest BCUT2D eigenvalue weighted by molar-refractivity contribution is -0.175. The first kappa shape index (κ1) is 18.2. The predicted octanol–water partition coefficient (Wildman–Crippen LogP) is 2.97. The molecule has 1 aromatic rings. The number of aryl methyl sites for hydroxylation is 1. The van der Waals surface area contributed by atoms with Crippen molar-refractivity contribution in [3.63, 3.8) is 0 Å². The Morgan fingerprint density at radius 3 is 2.41 bits per heavy atom. The summed E-state index contributed by atoms with van der Waals surface area (Å²) in [7, 11) is 0. The molecule has 0 aromatic heterocycles. The van der Waals surface area contributed by atoms with Crippen molar-refractivity contribution in [2.45, 2.75) is 45.6 Å². The van der Waals surface area contributed by atoms with Crippen LogP contribution in [0.4, 0.5) is 0 Å². The number of carboxylic acid groups (broad SMARTS) is 1. The maximum Gasteiger partial charge on any atom is 0.308 e. The first-order valence-electron chi connectivity index (χ1n) is 7.70. The number of hydrogen-bond donors (Lipinski definition) is 2. The molecular weight excluding hydrogens is 282 g/mol. The molecule has 0 saturated carbocycles. The van der Waals surface area contributed by atoms with E-state index in [-0.39, 0.29) is 5.92 Å². The normalized spacial score (nSPS) is 14.9. The van der Waals surface area contributed by atoms with Gasteiger partial charge in [0.2, 0.25) is 6.41 Å². The first-order valence-corrected chi connectivity index (χ1v) is 7.70. The van der Waals surface area contributed by atoms with Gasteiger partial charge in [-0.15, -0.1) is 0 Å². The summed E-state index contributed by atoms with van der Waals surface area (Å²) in [6, 6.07) is 9.18. The Bertz CT molecular complexity index is 463. The molecule has 1 rings (SSSR count). The molecule has 5 nitrogen and oxygen atoms in total. The van der Waals surface area contributed by atoms with Gasteiger partial charge in [-0.2, -0.15) is 0 Å². The Morgan fingerprint density at radius 2 is 1.91 bits per heavy atom. The van der Waals surface area contributed by atoms with Crippen molar-refractivity contribution < 1.29 is 19.9 Å². The van der Waals surface area contributed by atoms with Crippen LogP contribution < -0.4 is 0 Å². The van der Waals surface area contributed by atoms with Gasteiger partial charge >= 0.3 is 5.97 Å². The van der Waals surface area contributed by atoms with Crippen molar-refractivity contribution in [3.05, 3.63) is 35.9 Å². The number of hydroxylamine groups is 2. The van der Waals surface area contributed by atoms with Gasteiger partial charge in [-0.05, 0) is 30.7 Å². The summed E-state index contributed by atoms with van der Waals surface area (Å²) in [5.74, 6) is -1.90. The van der Waals surface area contributed by atoms with E-state index in [0.29, 0.717) is 30.7 Å². The minimum Gasteiger partial charge on any atom is -0.481 e. The number of amides is 1. The Hall–Kier alpha value is -1.88. The molecule has 1 aromatic carbocycles. The van der Waals surface area contributed by atoms with E-state index in [1.54, 1.807) is 0 Å². The highest BCUT2D eigenvalue weighted by Gasteiger charge is 2.35. The maximum atomic E-state index is 11.6. The van der Waals surface area contributed by atoms with Gasteiger partial charge < -0.3 is 5.11 Å². The number of nitrogens with zero attached hydrogens (tertiary/aromatic N) is 1. The van der Waals surface area contributed by atoms with Crippen molar-refractivity contribution in [2.75, 3.05) is 0 Å². The number of aliphatic carboxylic acids is 1. The number of carbonyl (C=O) groups is 2. The van der Waals surface area contributed by atoms with Gasteiger partial charge in [0.15, 0.2) is 0 Å². The van der Waals surface area contributed by atoms with Crippen LogP contribution in [0.2, 0.25) is 0 Å². The van der Waals surface area contributed by atoms with Crippen LogP contribution in [-0.4, -0.2) is 33.8 Å². The van der Waals surface area contributed by atoms with E-state index < -0.39 is 17.9 Å². The smallest absolute Gasteiger partial charge is 0.308 e. The minimum absolute atomic E-state index is 0.149. The number of rotatable bonds is 10. The minimum atomic E-state index is -0.972. The Labute approximate surface area is 131 Å². The number of carbonyl (C=O) groups excluding carboxylic acids is 1. The van der Waals surface area contributed by atoms with Gasteiger partial charge in [-0.1, -0.05) is 50.6 Å². The van der Waals surface area contributed by atoms with Gasteiger partial charge in [-0.25, -0.2) is 5.06 Å². The van der Waals surface area contributed by atoms with Crippen LogP contribution in [0, 0.1) is 11.8 Å². The van der Waals surface area contributed by atoms with Crippen LogP contribution in [0.3, 0.4) is 0 Å². The molecule has 0 fully saturated rings. The van der Waals surface area contributed by atoms with E-state index in [0.717, 1.165) is 12.0 Å². The van der Waals surface area contributed by atoms with E-state index in [1.165, 1.54) is 0 Å². The zero-order valence-corrected chi connectivity index (χ0v) is 13.2. The van der Waals surface area contributed by atoms with Crippen molar-refractivity contribution in [1.29, 1.82) is 0 Å². The third-order valence-electron chi connectivity index (χ3n) is 4.08. The van der Waals surface area contributed by atoms with Crippen LogP contribution in [0.1, 0.15) is 38.7 Å². The van der Waals surface area contributed by atoms with Crippen LogP contribution in [0.25, 0.3) is 0 Å². The van der Waals surface area contributed by atoms with E-state index in [4.69, 9.17) is 0 Å². The fourth-order valence-electron chi connectivity index (χ4n) is 2.86. The molecule has 0 heterocycles. The lowest BCUT2D eigenvalue weighted by Crippen LogP contribution is -2.44. The van der Waals surface area contributed by atoms with Crippen LogP contribution in [-0.2, 0) is 16.0 Å². The highest BCUT2D eigenvalue weighted by atomic mass is 16.5. The molecule has 3 atom stereocenters. The lowest BCUT2D eigenvalue weighted by Gasteiger charge is -2.31. The second kappa shape index (κ2) is 9.20. The van der Waals surface area contributed by atoms with Crippen LogP contribution in [0.5, 0.6) is 0 Å². The quantitative estimate of drug-likeness (QED) is 0.396. The molecule has 5 heteroatoms. The lowest BCUT2D eigenvalue weighted by atomic mass is 9.81. The van der Waals surface area contributed by atoms with E-state index in [1.807, 2.05) is 44.2 Å². The highest BCUT2D eigenvalue weighted by Crippen LogP contribution is 2.26. The Morgan fingerprint density at radius 1 is 1.27 bits per heavy atom. The second-order valence-corrected chi connectivity index (χ2v) is 5.71. The molecule has 0 spiro atoms. The zero-order chi connectivity index (χ0) is 16.5. The Kier molecular flexibility index (Phi) is 7.60. The van der Waals surface area contributed by atoms with E-state index in [2.05, 4.69) is 0 Å². The SMILES string of the molecule is CCC[C@@H]([C@H](C(=O)O)C(C)CCc1ccccc1)N(O)C=O. The fraction of sp³-hybridized carbons (Fsp3) is 0.529. The summed E-state index contributed by atoms with van der Waals surface area (Å²) in [6.07, 6.45) is 2.91. The van der Waals surface area contributed by atoms with Crippen LogP contribution >= 0.6 is 0 Å². The van der Waals surface area contributed by atoms with Crippen molar-refractivity contribution in [3.8, 4) is 0 Å². The molecule has 0 aliphatic carbocycles. The van der Waals surface area contributed by atoms with Gasteiger partial charge in [0, 0.05) is 0 Å². The molecule has 0 aliphatic heterocycles. The summed E-state index contributed by atoms with van der Waals surface area (Å²) in [5, 5.41) is 19.7. The standard InChI is InChI=1S/C17H25NO4/c1-3-7-15(18(22)12-19)16(17(20)21)13(2)10-11-14-8-5-4-6-9-14/h4-6,8-9,12-13,15-16,22H,3,7,10-11H2,1-2H3,(H,20,21)/t13?,15-,16+/m0/s1. The van der Waals surface area contributed by atoms with Gasteiger partial charge in [0.05, 0.1) is 12.0 Å². The molecule has 0 saturated heterocycles. The average molecular weight is 307 g/mol. The average Bonchev–Trinajstić information content (AvgIpc) is 2.52. The van der Waals surface area contributed by atoms with Gasteiger partial charge in [-0.3, -0.25) is 14.8 Å². The number of hydrogen-bond acceptors (Lipinski definition) is 3. The van der Waals surface area contributed by atoms with Crippen molar-refractivity contribution >= 4 is 12.4 Å². The zero-order valence-electron chi connectivity index (χ0n) is 13.2. The topological polar surface area (TPSA) is 77.8 Å². The Balaban J connectivity index is 2.79. The first-order chi connectivity index (χ1) is 10.5. The van der Waals surface area contributed by atoms with Gasteiger partial charge in [0.25, 0.3) is 0 Å².